The van der Waals surface area contributed by atoms with Gasteiger partial charge in [-0.3, -0.25) is 0 Å². The summed E-state index contributed by atoms with van der Waals surface area (Å²) in [7, 11) is -2.75. The predicted octanol–water partition coefficient (Wildman–Crippen LogP) is 7.16. The molecule has 0 aliphatic heterocycles. The van der Waals surface area contributed by atoms with Gasteiger partial charge < -0.3 is 8.85 Å². The first-order chi connectivity index (χ1) is 16.3. The minimum atomic E-state index is -2.75. The minimum absolute atomic E-state index is 0.589. The average Bonchev–Trinajstić information content (AvgIpc) is 2.89. The maximum absolute atomic E-state index is 6.91. The highest BCUT2D eigenvalue weighted by Gasteiger charge is 2.43. The summed E-state index contributed by atoms with van der Waals surface area (Å²) < 4.78 is 13.8. The summed E-state index contributed by atoms with van der Waals surface area (Å²) in [5.74, 6) is 0.589. The zero-order valence-corrected chi connectivity index (χ0v) is 21.7. The molecule has 0 fully saturated rings. The highest BCUT2D eigenvalue weighted by atomic mass is 28.4. The third kappa shape index (κ3) is 8.55. The van der Waals surface area contributed by atoms with E-state index in [2.05, 4.69) is 79.7 Å². The van der Waals surface area contributed by atoms with Crippen molar-refractivity contribution in [3.05, 3.63) is 72.8 Å². The zero-order valence-electron chi connectivity index (χ0n) is 20.7. The number of rotatable bonds is 16. The lowest BCUT2D eigenvalue weighted by Gasteiger charge is -2.33. The van der Waals surface area contributed by atoms with Gasteiger partial charge in [-0.15, -0.1) is 0 Å². The van der Waals surface area contributed by atoms with Crippen LogP contribution < -0.4 is 10.4 Å². The van der Waals surface area contributed by atoms with Crippen molar-refractivity contribution in [3.63, 3.8) is 0 Å². The lowest BCUT2D eigenvalue weighted by Crippen LogP contribution is -2.64. The molecule has 0 amide bonds. The number of hydrogen-bond donors (Lipinski definition) is 0. The summed E-state index contributed by atoms with van der Waals surface area (Å²) in [6, 6.07) is 21.5. The Labute approximate surface area is 203 Å². The Bertz CT molecular complexity index is 735. The summed E-state index contributed by atoms with van der Waals surface area (Å²) in [4.78, 5) is 0. The molecule has 33 heavy (non-hydrogen) atoms. The van der Waals surface area contributed by atoms with Gasteiger partial charge in [-0.1, -0.05) is 131 Å². The van der Waals surface area contributed by atoms with Crippen LogP contribution in [0.15, 0.2) is 72.8 Å². The van der Waals surface area contributed by atoms with Crippen LogP contribution in [0.1, 0.15) is 84.0 Å². The quantitative estimate of drug-likeness (QED) is 0.149. The van der Waals surface area contributed by atoms with Crippen molar-refractivity contribution in [2.45, 2.75) is 84.0 Å². The van der Waals surface area contributed by atoms with Crippen LogP contribution in [0, 0.1) is 5.92 Å². The molecule has 1 atom stereocenters. The van der Waals surface area contributed by atoms with Crippen LogP contribution in [0.2, 0.25) is 0 Å². The largest absolute Gasteiger partial charge is 0.407 e. The molecule has 2 nitrogen and oxygen atoms in total. The van der Waals surface area contributed by atoms with Crippen LogP contribution in [0.5, 0.6) is 0 Å². The van der Waals surface area contributed by atoms with Gasteiger partial charge in [-0.05, 0) is 42.0 Å². The third-order valence-corrected chi connectivity index (χ3v) is 10.1. The van der Waals surface area contributed by atoms with Crippen LogP contribution in [-0.2, 0) is 8.85 Å². The molecule has 2 aromatic carbocycles. The van der Waals surface area contributed by atoms with Gasteiger partial charge in [-0.2, -0.15) is 0 Å². The van der Waals surface area contributed by atoms with Crippen LogP contribution in [0.3, 0.4) is 0 Å². The van der Waals surface area contributed by atoms with Crippen LogP contribution in [-0.4, -0.2) is 21.8 Å². The summed E-state index contributed by atoms with van der Waals surface area (Å²) in [6.07, 6.45) is 20.0. The fourth-order valence-electron chi connectivity index (χ4n) is 4.73. The Hall–Kier alpha value is -1.68. The van der Waals surface area contributed by atoms with Crippen molar-refractivity contribution in [2.75, 3.05) is 13.2 Å². The second kappa shape index (κ2) is 15.3. The summed E-state index contributed by atoms with van der Waals surface area (Å²) in [5.41, 5.74) is 0. The first-order valence-electron chi connectivity index (χ1n) is 13.4. The molecule has 0 radical (unpaired) electrons. The van der Waals surface area contributed by atoms with Crippen LogP contribution >= 0.6 is 0 Å². The third-order valence-electron chi connectivity index (χ3n) is 6.76. The number of allylic oxidation sites excluding steroid dienone is 2. The smallest absolute Gasteiger partial charge is 0.388 e. The van der Waals surface area contributed by atoms with Gasteiger partial charge in [0.25, 0.3) is 0 Å². The normalized spacial score (nSPS) is 16.2. The van der Waals surface area contributed by atoms with Crippen molar-refractivity contribution in [3.8, 4) is 0 Å². The van der Waals surface area contributed by atoms with Gasteiger partial charge in [0.15, 0.2) is 0 Å². The van der Waals surface area contributed by atoms with Crippen LogP contribution in [0.4, 0.5) is 0 Å². The maximum atomic E-state index is 6.91. The SMILES string of the molecule is CCCCCCCCCCCO[Si](OCC1CC=CCC1)(c1ccccc1)c1ccccc1. The molecule has 1 aliphatic rings. The van der Waals surface area contributed by atoms with Gasteiger partial charge in [-0.25, -0.2) is 0 Å². The predicted molar refractivity (Wildman–Crippen MR) is 144 cm³/mol. The van der Waals surface area contributed by atoms with Crippen molar-refractivity contribution in [2.24, 2.45) is 5.92 Å². The summed E-state index contributed by atoms with van der Waals surface area (Å²) >= 11 is 0. The lowest BCUT2D eigenvalue weighted by atomic mass is 9.96. The Morgan fingerprint density at radius 1 is 0.697 bits per heavy atom. The first kappa shape index (κ1) is 25.9. The van der Waals surface area contributed by atoms with E-state index in [1.54, 1.807) is 0 Å². The molecule has 0 N–H and O–H groups in total. The van der Waals surface area contributed by atoms with E-state index in [9.17, 15) is 0 Å². The molecule has 1 aliphatic carbocycles. The van der Waals surface area contributed by atoms with E-state index in [4.69, 9.17) is 8.85 Å². The number of benzene rings is 2. The van der Waals surface area contributed by atoms with Crippen molar-refractivity contribution < 1.29 is 8.85 Å². The molecular formula is C30H44O2Si. The Balaban J connectivity index is 1.62. The minimum Gasteiger partial charge on any atom is -0.388 e. The molecule has 0 saturated carbocycles. The van der Waals surface area contributed by atoms with E-state index in [0.717, 1.165) is 26.1 Å². The van der Waals surface area contributed by atoms with Gasteiger partial charge in [0.1, 0.15) is 0 Å². The number of hydrogen-bond acceptors (Lipinski definition) is 2. The molecule has 180 valence electrons. The molecule has 0 spiro atoms. The van der Waals surface area contributed by atoms with Gasteiger partial charge in [0.2, 0.25) is 0 Å². The van der Waals surface area contributed by atoms with Crippen molar-refractivity contribution in [1.29, 1.82) is 0 Å². The maximum Gasteiger partial charge on any atom is 0.407 e. The molecule has 3 heteroatoms. The molecule has 0 heterocycles. The van der Waals surface area contributed by atoms with Crippen molar-refractivity contribution in [1.82, 2.24) is 0 Å². The van der Waals surface area contributed by atoms with Gasteiger partial charge in [0, 0.05) is 13.2 Å². The molecule has 2 aromatic rings. The van der Waals surface area contributed by atoms with E-state index >= 15 is 0 Å². The fourth-order valence-corrected chi connectivity index (χ4v) is 7.98. The zero-order chi connectivity index (χ0) is 23.0. The van der Waals surface area contributed by atoms with Crippen molar-refractivity contribution >= 4 is 18.9 Å². The average molecular weight is 465 g/mol. The van der Waals surface area contributed by atoms with Gasteiger partial charge in [0.05, 0.1) is 0 Å². The molecule has 0 bridgehead atoms. The Kier molecular flexibility index (Phi) is 12.0. The fraction of sp³-hybridized carbons (Fsp3) is 0.533. The van der Waals surface area contributed by atoms with Crippen LogP contribution in [0.25, 0.3) is 0 Å². The van der Waals surface area contributed by atoms with Gasteiger partial charge >= 0.3 is 8.56 Å². The topological polar surface area (TPSA) is 18.5 Å². The summed E-state index contributed by atoms with van der Waals surface area (Å²) in [6.45, 7) is 3.83. The monoisotopic (exact) mass is 464 g/mol. The molecule has 0 saturated heterocycles. The van der Waals surface area contributed by atoms with E-state index in [1.165, 1.54) is 74.6 Å². The van der Waals surface area contributed by atoms with E-state index < -0.39 is 8.56 Å². The second-order valence-electron chi connectivity index (χ2n) is 9.49. The van der Waals surface area contributed by atoms with E-state index in [-0.39, 0.29) is 0 Å². The highest BCUT2D eigenvalue weighted by molar-refractivity contribution is 6.92. The van der Waals surface area contributed by atoms with E-state index in [0.29, 0.717) is 5.92 Å². The van der Waals surface area contributed by atoms with E-state index in [1.807, 2.05) is 0 Å². The molecular weight excluding hydrogens is 420 g/mol. The lowest BCUT2D eigenvalue weighted by molar-refractivity contribution is 0.158. The second-order valence-corrected chi connectivity index (χ2v) is 12.5. The Morgan fingerprint density at radius 3 is 1.82 bits per heavy atom. The summed E-state index contributed by atoms with van der Waals surface area (Å²) in [5, 5.41) is 2.44. The highest BCUT2D eigenvalue weighted by Crippen LogP contribution is 2.21. The Morgan fingerprint density at radius 2 is 1.27 bits per heavy atom. The molecule has 3 rings (SSSR count). The standard InChI is InChI=1S/C30H44O2Si/c1-2-3-4-5-6-7-8-9-19-26-31-33(29-22-15-11-16-23-29,30-24-17-12-18-25-30)32-27-28-20-13-10-14-21-28/h10-13,15-18,22-25,28H,2-9,14,19-21,26-27H2,1H3. The number of unbranched alkanes of at least 4 members (excludes halogenated alkanes) is 8. The first-order valence-corrected chi connectivity index (χ1v) is 15.2. The molecule has 0 aromatic heterocycles. The molecule has 1 unspecified atom stereocenters.